The van der Waals surface area contributed by atoms with Crippen LogP contribution in [0.5, 0.6) is 0 Å². The van der Waals surface area contributed by atoms with E-state index in [0.29, 0.717) is 12.1 Å². The number of pyridine rings is 1. The number of alkyl halides is 3. The molecule has 1 fully saturated rings. The Labute approximate surface area is 154 Å². The molecule has 1 aromatic carbocycles. The highest BCUT2D eigenvalue weighted by molar-refractivity contribution is 5.85. The number of rotatable bonds is 3. The van der Waals surface area contributed by atoms with Gasteiger partial charge in [-0.3, -0.25) is 9.79 Å². The highest BCUT2D eigenvalue weighted by atomic mass is 19.4. The van der Waals surface area contributed by atoms with Crippen LogP contribution in [0.25, 0.3) is 11.3 Å². The van der Waals surface area contributed by atoms with Crippen LogP contribution in [0.3, 0.4) is 0 Å². The van der Waals surface area contributed by atoms with Crippen LogP contribution in [-0.4, -0.2) is 10.7 Å². The molecule has 0 amide bonds. The Morgan fingerprint density at radius 1 is 1.15 bits per heavy atom. The van der Waals surface area contributed by atoms with Crippen molar-refractivity contribution in [3.8, 4) is 17.3 Å². The van der Waals surface area contributed by atoms with Gasteiger partial charge in [0.2, 0.25) is 0 Å². The lowest BCUT2D eigenvalue weighted by molar-refractivity contribution is -0.137. The average Bonchev–Trinajstić information content (AvgIpc) is 2.66. The van der Waals surface area contributed by atoms with Crippen molar-refractivity contribution in [3.63, 3.8) is 0 Å². The molecule has 0 atom stereocenters. The van der Waals surface area contributed by atoms with Gasteiger partial charge in [0.1, 0.15) is 11.6 Å². The lowest BCUT2D eigenvalue weighted by atomic mass is 9.98. The van der Waals surface area contributed by atoms with Gasteiger partial charge in [0.15, 0.2) is 0 Å². The molecule has 0 unspecified atom stereocenters. The van der Waals surface area contributed by atoms with Crippen LogP contribution in [0, 0.1) is 11.3 Å². The molecule has 2 aromatic rings. The van der Waals surface area contributed by atoms with Gasteiger partial charge in [0.05, 0.1) is 12.1 Å². The highest BCUT2D eigenvalue weighted by Gasteiger charge is 2.35. The van der Waals surface area contributed by atoms with Gasteiger partial charge in [0, 0.05) is 17.0 Å². The molecule has 1 saturated carbocycles. The fourth-order valence-corrected chi connectivity index (χ4v) is 3.28. The molecule has 1 heterocycles. The number of H-pyrrole nitrogens is 1. The first kappa shape index (κ1) is 18.9. The molecule has 1 aliphatic carbocycles. The average molecular weight is 373 g/mol. The molecule has 1 aromatic heterocycles. The Morgan fingerprint density at radius 2 is 1.85 bits per heavy atom. The zero-order chi connectivity index (χ0) is 19.4. The standard InChI is InChI=1S/C20H18F3N3O/c21-20(22,23)17-10-18(26-19(27)16(17)11-24)15-9-5-4-6-13(15)12-25-14-7-2-1-3-8-14/h4-6,9-10H,1-3,7-8,12H2,(H,26,27). The maximum atomic E-state index is 13.3. The second-order valence-corrected chi connectivity index (χ2v) is 6.51. The second-order valence-electron chi connectivity index (χ2n) is 6.51. The maximum Gasteiger partial charge on any atom is 0.417 e. The first-order valence-corrected chi connectivity index (χ1v) is 8.75. The van der Waals surface area contributed by atoms with Crippen molar-refractivity contribution in [1.82, 2.24) is 4.98 Å². The molecule has 0 radical (unpaired) electrons. The fraction of sp³-hybridized carbons (Fsp3) is 0.350. The third-order valence-electron chi connectivity index (χ3n) is 4.66. The molecule has 140 valence electrons. The maximum absolute atomic E-state index is 13.3. The first-order chi connectivity index (χ1) is 12.9. The van der Waals surface area contributed by atoms with Crippen LogP contribution in [0.15, 0.2) is 40.1 Å². The summed E-state index contributed by atoms with van der Waals surface area (Å²) in [6.07, 6.45) is 0.534. The third kappa shape index (κ3) is 4.27. The van der Waals surface area contributed by atoms with Crippen molar-refractivity contribution in [3.05, 3.63) is 57.4 Å². The molecule has 0 saturated heterocycles. The SMILES string of the molecule is N#Cc1c(C(F)(F)F)cc(-c2ccccc2CN=C2CCCCC2)[nH]c1=O. The number of hydrogen-bond acceptors (Lipinski definition) is 3. The largest absolute Gasteiger partial charge is 0.417 e. The first-order valence-electron chi connectivity index (χ1n) is 8.75. The lowest BCUT2D eigenvalue weighted by Gasteiger charge is -2.14. The van der Waals surface area contributed by atoms with E-state index in [1.54, 1.807) is 24.3 Å². The third-order valence-corrected chi connectivity index (χ3v) is 4.66. The molecule has 3 rings (SSSR count). The van der Waals surface area contributed by atoms with E-state index in [0.717, 1.165) is 43.0 Å². The van der Waals surface area contributed by atoms with E-state index in [1.165, 1.54) is 12.5 Å². The van der Waals surface area contributed by atoms with E-state index in [2.05, 4.69) is 9.98 Å². The fourth-order valence-electron chi connectivity index (χ4n) is 3.28. The number of halogens is 3. The molecule has 0 aliphatic heterocycles. The zero-order valence-corrected chi connectivity index (χ0v) is 14.6. The summed E-state index contributed by atoms with van der Waals surface area (Å²) in [7, 11) is 0. The predicted octanol–water partition coefficient (Wildman–Crippen LogP) is 4.84. The molecule has 1 N–H and O–H groups in total. The van der Waals surface area contributed by atoms with Gasteiger partial charge in [-0.15, -0.1) is 0 Å². The normalized spacial score (nSPS) is 14.7. The number of aromatic nitrogens is 1. The van der Waals surface area contributed by atoms with Crippen molar-refractivity contribution >= 4 is 5.71 Å². The minimum absolute atomic E-state index is 0.0331. The van der Waals surface area contributed by atoms with Crippen LogP contribution >= 0.6 is 0 Å². The van der Waals surface area contributed by atoms with E-state index in [9.17, 15) is 18.0 Å². The smallest absolute Gasteiger partial charge is 0.321 e. The molecule has 0 spiro atoms. The molecular formula is C20H18F3N3O. The van der Waals surface area contributed by atoms with Gasteiger partial charge in [-0.25, -0.2) is 0 Å². The number of nitriles is 1. The summed E-state index contributed by atoms with van der Waals surface area (Å²) in [5, 5.41) is 8.92. The highest BCUT2D eigenvalue weighted by Crippen LogP contribution is 2.33. The molecule has 4 nitrogen and oxygen atoms in total. The van der Waals surface area contributed by atoms with E-state index >= 15 is 0 Å². The Bertz CT molecular complexity index is 960. The topological polar surface area (TPSA) is 69.0 Å². The van der Waals surface area contributed by atoms with Crippen LogP contribution in [-0.2, 0) is 12.7 Å². The number of aromatic amines is 1. The van der Waals surface area contributed by atoms with Crippen molar-refractivity contribution < 1.29 is 13.2 Å². The summed E-state index contributed by atoms with van der Waals surface area (Å²) in [6.45, 7) is 0.342. The van der Waals surface area contributed by atoms with Gasteiger partial charge in [-0.1, -0.05) is 30.7 Å². The zero-order valence-electron chi connectivity index (χ0n) is 14.6. The van der Waals surface area contributed by atoms with Gasteiger partial charge in [0.25, 0.3) is 5.56 Å². The quantitative estimate of drug-likeness (QED) is 0.837. The Morgan fingerprint density at radius 3 is 2.52 bits per heavy atom. The minimum atomic E-state index is -4.79. The Kier molecular flexibility index (Phi) is 5.45. The monoisotopic (exact) mass is 373 g/mol. The van der Waals surface area contributed by atoms with Crippen molar-refractivity contribution in [2.24, 2.45) is 4.99 Å². The van der Waals surface area contributed by atoms with Crippen molar-refractivity contribution in [2.75, 3.05) is 0 Å². The summed E-state index contributed by atoms with van der Waals surface area (Å²) in [5.74, 6) is 0. The lowest BCUT2D eigenvalue weighted by Crippen LogP contribution is -2.20. The van der Waals surface area contributed by atoms with E-state index in [4.69, 9.17) is 5.26 Å². The number of hydrogen-bond donors (Lipinski definition) is 1. The van der Waals surface area contributed by atoms with Crippen molar-refractivity contribution in [2.45, 2.75) is 44.8 Å². The number of nitrogens with zero attached hydrogens (tertiary/aromatic N) is 2. The second kappa shape index (κ2) is 7.78. The number of nitrogens with one attached hydrogen (secondary N) is 1. The number of benzene rings is 1. The predicted molar refractivity (Wildman–Crippen MR) is 96.4 cm³/mol. The molecule has 0 bridgehead atoms. The van der Waals surface area contributed by atoms with E-state index in [-0.39, 0.29) is 5.69 Å². The van der Waals surface area contributed by atoms with E-state index < -0.39 is 22.9 Å². The Balaban J connectivity index is 2.04. The minimum Gasteiger partial charge on any atom is -0.321 e. The molecular weight excluding hydrogens is 355 g/mol. The number of aliphatic imine (C=N–C) groups is 1. The van der Waals surface area contributed by atoms with Gasteiger partial charge in [-0.05, 0) is 37.3 Å². The van der Waals surface area contributed by atoms with Crippen LogP contribution < -0.4 is 5.56 Å². The van der Waals surface area contributed by atoms with Crippen LogP contribution in [0.2, 0.25) is 0 Å². The summed E-state index contributed by atoms with van der Waals surface area (Å²) in [4.78, 5) is 19.0. The van der Waals surface area contributed by atoms with E-state index in [1.807, 2.05) is 0 Å². The Hall–Kier alpha value is -2.88. The van der Waals surface area contributed by atoms with Crippen LogP contribution in [0.4, 0.5) is 13.2 Å². The summed E-state index contributed by atoms with van der Waals surface area (Å²) >= 11 is 0. The van der Waals surface area contributed by atoms with Gasteiger partial charge >= 0.3 is 6.18 Å². The summed E-state index contributed by atoms with van der Waals surface area (Å²) in [6, 6.07) is 9.08. The molecule has 7 heteroatoms. The summed E-state index contributed by atoms with van der Waals surface area (Å²) in [5.41, 5.74) is -0.834. The molecule has 27 heavy (non-hydrogen) atoms. The van der Waals surface area contributed by atoms with Gasteiger partial charge in [-0.2, -0.15) is 18.4 Å². The van der Waals surface area contributed by atoms with Crippen molar-refractivity contribution in [1.29, 1.82) is 5.26 Å². The van der Waals surface area contributed by atoms with Gasteiger partial charge < -0.3 is 4.98 Å². The molecule has 1 aliphatic rings. The summed E-state index contributed by atoms with van der Waals surface area (Å²) < 4.78 is 39.8. The van der Waals surface area contributed by atoms with Crippen LogP contribution in [0.1, 0.15) is 48.8 Å².